The molecule has 4 heterocycles. The first-order valence-electron chi connectivity index (χ1n) is 9.60. The summed E-state index contributed by atoms with van der Waals surface area (Å²) in [6.45, 7) is 3.33. The molecule has 4 aliphatic rings. The van der Waals surface area contributed by atoms with E-state index in [-0.39, 0.29) is 30.8 Å². The maximum absolute atomic E-state index is 12.9. The minimum absolute atomic E-state index is 0.00460. The van der Waals surface area contributed by atoms with Crippen molar-refractivity contribution in [1.29, 1.82) is 0 Å². The monoisotopic (exact) mass is 504 g/mol. The van der Waals surface area contributed by atoms with Crippen molar-refractivity contribution in [3.8, 4) is 5.88 Å². The molecular formula is C19H25IN2O4S. The van der Waals surface area contributed by atoms with E-state index in [9.17, 15) is 4.79 Å². The fourth-order valence-corrected chi connectivity index (χ4v) is 5.73. The highest BCUT2D eigenvalue weighted by molar-refractivity contribution is 14.2. The van der Waals surface area contributed by atoms with E-state index in [1.165, 1.54) is 20.3 Å². The van der Waals surface area contributed by atoms with Crippen LogP contribution in [0, 0.1) is 6.92 Å². The number of fused-ring (bicyclic) bond motifs is 5. The van der Waals surface area contributed by atoms with Gasteiger partial charge in [-0.2, -0.15) is 0 Å². The van der Waals surface area contributed by atoms with E-state index < -0.39 is 0 Å². The van der Waals surface area contributed by atoms with Gasteiger partial charge < -0.3 is 14.4 Å². The van der Waals surface area contributed by atoms with Gasteiger partial charge in [-0.1, -0.05) is 0 Å². The Morgan fingerprint density at radius 3 is 2.89 bits per heavy atom. The summed E-state index contributed by atoms with van der Waals surface area (Å²) in [6.07, 6.45) is 7.07. The quantitative estimate of drug-likeness (QED) is 0.451. The molecule has 5 rings (SSSR count). The summed E-state index contributed by atoms with van der Waals surface area (Å²) in [7, 11) is 1.33. The topological polar surface area (TPSA) is 60.9 Å². The van der Waals surface area contributed by atoms with Gasteiger partial charge in [0.15, 0.2) is 6.61 Å². The second-order valence-corrected chi connectivity index (χ2v) is 8.98. The molecule has 3 aliphatic heterocycles. The summed E-state index contributed by atoms with van der Waals surface area (Å²) >= 11 is 2.13. The number of pyridine rings is 1. The lowest BCUT2D eigenvalue weighted by Crippen LogP contribution is -2.45. The highest BCUT2D eigenvalue weighted by Crippen LogP contribution is 2.40. The first kappa shape index (κ1) is 19.7. The second-order valence-electron chi connectivity index (χ2n) is 7.58. The van der Waals surface area contributed by atoms with E-state index in [2.05, 4.69) is 33.1 Å². The van der Waals surface area contributed by atoms with Crippen molar-refractivity contribution in [1.82, 2.24) is 9.88 Å². The molecule has 0 N–H and O–H groups in total. The maximum Gasteiger partial charge on any atom is 0.260 e. The number of aryl methyl sites for hydroxylation is 1. The Kier molecular flexibility index (Phi) is 6.45. The molecule has 1 aromatic heterocycles. The van der Waals surface area contributed by atoms with E-state index in [1.54, 1.807) is 6.20 Å². The highest BCUT2D eigenvalue weighted by atomic mass is 127. The summed E-state index contributed by atoms with van der Waals surface area (Å²) in [5, 5.41) is 0. The van der Waals surface area contributed by atoms with Crippen molar-refractivity contribution in [3.63, 3.8) is 0 Å². The van der Waals surface area contributed by atoms with Crippen LogP contribution < -0.4 is 4.74 Å². The number of carbonyl (C=O) groups excluding carboxylic acids is 1. The number of hydrogen-bond donors (Lipinski definition) is 0. The molecule has 8 heteroatoms. The summed E-state index contributed by atoms with van der Waals surface area (Å²) in [6, 6.07) is 1.98. The van der Waals surface area contributed by atoms with Crippen LogP contribution in [-0.2, 0) is 13.7 Å². The third-order valence-electron chi connectivity index (χ3n) is 6.05. The molecular weight excluding hydrogens is 479 g/mol. The summed E-state index contributed by atoms with van der Waals surface area (Å²) in [5.74, 6) is 1.03. The zero-order valence-corrected chi connectivity index (χ0v) is 18.4. The Morgan fingerprint density at radius 2 is 2.11 bits per heavy atom. The third-order valence-corrected chi connectivity index (χ3v) is 7.00. The van der Waals surface area contributed by atoms with Gasteiger partial charge in [0.05, 0.1) is 34.1 Å². The molecule has 148 valence electrons. The van der Waals surface area contributed by atoms with Crippen LogP contribution in [0.3, 0.4) is 0 Å². The Labute approximate surface area is 176 Å². The van der Waals surface area contributed by atoms with Crippen LogP contribution in [0.5, 0.6) is 5.88 Å². The smallest absolute Gasteiger partial charge is 0.260 e. The number of nitrogens with zero attached hydrogens (tertiary/aromatic N) is 2. The van der Waals surface area contributed by atoms with Crippen molar-refractivity contribution < 1.29 is 18.5 Å². The van der Waals surface area contributed by atoms with Crippen LogP contribution in [0.25, 0.3) is 0 Å². The standard InChI is InChI=1S/C19H25IN2O4S/c1-12-6-8-21-19-18(12)13-2-4-14(5-3-13)24-10-15-16(26-27-20)7-9-22(15)17(23)11-25-19/h6,8,13-16H,2-5,7,9-11H2,1H3/t13?,14?,15-,16+/m0/s1. The number of ether oxygens (including phenoxy) is 2. The van der Waals surface area contributed by atoms with Gasteiger partial charge in [-0.3, -0.25) is 8.98 Å². The molecule has 1 aromatic rings. The average Bonchev–Trinajstić information content (AvgIpc) is 3.08. The van der Waals surface area contributed by atoms with Crippen molar-refractivity contribution in [2.45, 2.75) is 63.2 Å². The lowest BCUT2D eigenvalue weighted by molar-refractivity contribution is -0.137. The van der Waals surface area contributed by atoms with Gasteiger partial charge in [0.1, 0.15) is 0 Å². The lowest BCUT2D eigenvalue weighted by Gasteiger charge is -2.32. The molecule has 0 unspecified atom stereocenters. The number of hydrogen-bond acceptors (Lipinski definition) is 6. The summed E-state index contributed by atoms with van der Waals surface area (Å²) < 4.78 is 18.0. The molecule has 2 atom stereocenters. The zero-order valence-electron chi connectivity index (χ0n) is 15.4. The molecule has 2 fully saturated rings. The number of aromatic nitrogens is 1. The Bertz CT molecular complexity index is 684. The molecule has 27 heavy (non-hydrogen) atoms. The number of amides is 1. The largest absolute Gasteiger partial charge is 0.467 e. The van der Waals surface area contributed by atoms with Gasteiger partial charge in [-0.25, -0.2) is 4.98 Å². The predicted molar refractivity (Wildman–Crippen MR) is 112 cm³/mol. The van der Waals surface area contributed by atoms with Crippen molar-refractivity contribution in [3.05, 3.63) is 23.4 Å². The summed E-state index contributed by atoms with van der Waals surface area (Å²) in [5.41, 5.74) is 2.36. The van der Waals surface area contributed by atoms with Gasteiger partial charge in [-0.05, 0) is 56.6 Å². The van der Waals surface area contributed by atoms with E-state index in [0.29, 0.717) is 24.9 Å². The first-order valence-corrected chi connectivity index (χ1v) is 12.9. The van der Waals surface area contributed by atoms with Crippen molar-refractivity contribution in [2.75, 3.05) is 19.8 Å². The molecule has 0 spiro atoms. The predicted octanol–water partition coefficient (Wildman–Crippen LogP) is 3.81. The lowest BCUT2D eigenvalue weighted by atomic mass is 9.81. The van der Waals surface area contributed by atoms with E-state index in [0.717, 1.165) is 32.1 Å². The Balaban J connectivity index is 1.61. The summed E-state index contributed by atoms with van der Waals surface area (Å²) in [4.78, 5) is 19.2. The Hall–Kier alpha value is -0.580. The zero-order chi connectivity index (χ0) is 18.8. The van der Waals surface area contributed by atoms with Gasteiger partial charge in [-0.15, -0.1) is 0 Å². The van der Waals surface area contributed by atoms with E-state index >= 15 is 0 Å². The molecule has 1 amide bonds. The minimum Gasteiger partial charge on any atom is -0.467 e. The van der Waals surface area contributed by atoms with Crippen LogP contribution >= 0.6 is 30.4 Å². The van der Waals surface area contributed by atoms with Crippen molar-refractivity contribution in [2.24, 2.45) is 0 Å². The van der Waals surface area contributed by atoms with E-state index in [4.69, 9.17) is 13.7 Å². The van der Waals surface area contributed by atoms with Crippen LogP contribution in [0.2, 0.25) is 0 Å². The molecule has 1 saturated carbocycles. The minimum atomic E-state index is -0.0493. The van der Waals surface area contributed by atoms with Crippen LogP contribution in [-0.4, -0.2) is 53.8 Å². The molecule has 0 radical (unpaired) electrons. The van der Waals surface area contributed by atoms with Crippen LogP contribution in [0.15, 0.2) is 12.3 Å². The van der Waals surface area contributed by atoms with Gasteiger partial charge in [0.2, 0.25) is 5.88 Å². The molecule has 2 bridgehead atoms. The van der Waals surface area contributed by atoms with Gasteiger partial charge in [0, 0.05) is 39.5 Å². The van der Waals surface area contributed by atoms with E-state index in [1.807, 2.05) is 11.0 Å². The van der Waals surface area contributed by atoms with Crippen LogP contribution in [0.4, 0.5) is 0 Å². The average molecular weight is 504 g/mol. The van der Waals surface area contributed by atoms with Gasteiger partial charge >= 0.3 is 0 Å². The number of rotatable bonds is 2. The molecule has 1 aliphatic carbocycles. The first-order chi connectivity index (χ1) is 13.2. The molecule has 6 nitrogen and oxygen atoms in total. The third kappa shape index (κ3) is 4.23. The Morgan fingerprint density at radius 1 is 1.30 bits per heavy atom. The number of carbonyl (C=O) groups is 1. The second kappa shape index (κ2) is 8.84. The van der Waals surface area contributed by atoms with Crippen molar-refractivity contribution >= 4 is 36.3 Å². The normalized spacial score (nSPS) is 31.3. The fraction of sp³-hybridized carbons (Fsp3) is 0.684. The highest BCUT2D eigenvalue weighted by Gasteiger charge is 2.40. The van der Waals surface area contributed by atoms with Crippen LogP contribution in [0.1, 0.15) is 49.1 Å². The van der Waals surface area contributed by atoms with Gasteiger partial charge in [0.25, 0.3) is 5.91 Å². The fourth-order valence-electron chi connectivity index (χ4n) is 4.61. The molecule has 0 aromatic carbocycles. The maximum atomic E-state index is 12.9. The number of halogens is 1. The SMILES string of the molecule is Cc1ccnc2c1C1CCC(CC1)OC[C@H]1[C@H](OSI)CCN1C(=O)CO2. The molecule has 1 saturated heterocycles.